The molecule has 1 aromatic heterocycles. The summed E-state index contributed by atoms with van der Waals surface area (Å²) < 4.78 is 10.6. The number of ether oxygens (including phenoxy) is 2. The monoisotopic (exact) mass is 324 g/mol. The molecule has 3 rings (SSSR count). The Morgan fingerprint density at radius 2 is 1.75 bits per heavy atom. The second kappa shape index (κ2) is 6.62. The molecule has 0 bridgehead atoms. The summed E-state index contributed by atoms with van der Waals surface area (Å²) >= 11 is 0. The Morgan fingerprint density at radius 3 is 2.50 bits per heavy atom. The molecule has 0 spiro atoms. The van der Waals surface area contributed by atoms with Gasteiger partial charge in [0.15, 0.2) is 17.3 Å². The predicted molar refractivity (Wildman–Crippen MR) is 94.1 cm³/mol. The minimum Gasteiger partial charge on any atom is -0.493 e. The van der Waals surface area contributed by atoms with Gasteiger partial charge >= 0.3 is 0 Å². The molecule has 24 heavy (non-hydrogen) atoms. The molecule has 0 atom stereocenters. The van der Waals surface area contributed by atoms with Crippen LogP contribution in [0.2, 0.25) is 0 Å². The highest BCUT2D eigenvalue weighted by molar-refractivity contribution is 5.64. The van der Waals surface area contributed by atoms with Gasteiger partial charge in [-0.3, -0.25) is 5.10 Å². The fourth-order valence-electron chi connectivity index (χ4n) is 2.42. The predicted octanol–water partition coefficient (Wildman–Crippen LogP) is 3.85. The van der Waals surface area contributed by atoms with E-state index in [2.05, 4.69) is 45.6 Å². The lowest BCUT2D eigenvalue weighted by molar-refractivity contribution is 0.355. The molecule has 0 aliphatic heterocycles. The van der Waals surface area contributed by atoms with Crippen LogP contribution in [-0.2, 0) is 0 Å². The van der Waals surface area contributed by atoms with Gasteiger partial charge in [-0.2, -0.15) is 4.98 Å². The number of benzene rings is 2. The van der Waals surface area contributed by atoms with Crippen LogP contribution in [0.4, 0.5) is 11.6 Å². The molecular weight excluding hydrogens is 304 g/mol. The van der Waals surface area contributed by atoms with Gasteiger partial charge in [0.1, 0.15) is 0 Å². The van der Waals surface area contributed by atoms with Gasteiger partial charge in [-0.15, -0.1) is 5.10 Å². The molecule has 0 radical (unpaired) electrons. The number of methoxy groups -OCH3 is 2. The van der Waals surface area contributed by atoms with E-state index in [1.807, 2.05) is 25.1 Å². The lowest BCUT2D eigenvalue weighted by atomic mass is 10.1. The first-order valence-corrected chi connectivity index (χ1v) is 7.60. The van der Waals surface area contributed by atoms with E-state index in [4.69, 9.17) is 9.47 Å². The maximum atomic E-state index is 5.33. The first-order chi connectivity index (χ1) is 11.6. The van der Waals surface area contributed by atoms with E-state index in [9.17, 15) is 0 Å². The van der Waals surface area contributed by atoms with Gasteiger partial charge in [-0.25, -0.2) is 0 Å². The number of rotatable bonds is 5. The Hall–Kier alpha value is -3.02. The molecule has 6 nitrogen and oxygen atoms in total. The third-order valence-corrected chi connectivity index (χ3v) is 3.78. The van der Waals surface area contributed by atoms with Gasteiger partial charge in [0, 0.05) is 11.3 Å². The number of aryl methyl sites for hydroxylation is 2. The maximum Gasteiger partial charge on any atom is 0.246 e. The van der Waals surface area contributed by atoms with Crippen LogP contribution < -0.4 is 14.8 Å². The zero-order valence-electron chi connectivity index (χ0n) is 14.2. The minimum absolute atomic E-state index is 0.522. The Morgan fingerprint density at radius 1 is 0.958 bits per heavy atom. The molecular formula is C18H20N4O2. The van der Waals surface area contributed by atoms with Gasteiger partial charge in [0.2, 0.25) is 5.95 Å². The standard InChI is InChI=1S/C18H20N4O2/c1-11-5-6-12(2)14(9-11)19-18-20-17(21-22-18)13-7-8-15(23-3)16(10-13)24-4/h5-10H,1-4H3,(H2,19,20,21,22). The largest absolute Gasteiger partial charge is 0.493 e. The van der Waals surface area contributed by atoms with Crippen molar-refractivity contribution in [3.63, 3.8) is 0 Å². The lowest BCUT2D eigenvalue weighted by Gasteiger charge is -2.08. The van der Waals surface area contributed by atoms with Crippen molar-refractivity contribution in [3.8, 4) is 22.9 Å². The number of nitrogens with one attached hydrogen (secondary N) is 2. The summed E-state index contributed by atoms with van der Waals surface area (Å²) in [6.45, 7) is 4.10. The highest BCUT2D eigenvalue weighted by Gasteiger charge is 2.11. The van der Waals surface area contributed by atoms with Crippen LogP contribution >= 0.6 is 0 Å². The van der Waals surface area contributed by atoms with Crippen LogP contribution in [0.3, 0.4) is 0 Å². The molecule has 0 aliphatic rings. The quantitative estimate of drug-likeness (QED) is 0.746. The Bertz CT molecular complexity index is 858. The van der Waals surface area contributed by atoms with E-state index in [-0.39, 0.29) is 0 Å². The zero-order chi connectivity index (χ0) is 17.1. The summed E-state index contributed by atoms with van der Waals surface area (Å²) in [5.41, 5.74) is 4.18. The molecule has 1 heterocycles. The zero-order valence-corrected chi connectivity index (χ0v) is 14.2. The van der Waals surface area contributed by atoms with Crippen molar-refractivity contribution in [3.05, 3.63) is 47.5 Å². The number of anilines is 2. The van der Waals surface area contributed by atoms with Crippen LogP contribution in [0.5, 0.6) is 11.5 Å². The first kappa shape index (κ1) is 15.9. The average Bonchev–Trinajstić information content (AvgIpc) is 3.06. The Kier molecular flexibility index (Phi) is 4.37. The SMILES string of the molecule is COc1ccc(-c2nc(Nc3cc(C)ccc3C)n[nH]2)cc1OC. The van der Waals surface area contributed by atoms with Crippen molar-refractivity contribution < 1.29 is 9.47 Å². The van der Waals surface area contributed by atoms with Crippen LogP contribution in [0.25, 0.3) is 11.4 Å². The van der Waals surface area contributed by atoms with Crippen LogP contribution in [0.1, 0.15) is 11.1 Å². The fraction of sp³-hybridized carbons (Fsp3) is 0.222. The molecule has 0 saturated heterocycles. The van der Waals surface area contributed by atoms with Crippen molar-refractivity contribution >= 4 is 11.6 Å². The smallest absolute Gasteiger partial charge is 0.246 e. The third-order valence-electron chi connectivity index (χ3n) is 3.78. The van der Waals surface area contributed by atoms with Crippen LogP contribution in [0.15, 0.2) is 36.4 Å². The Balaban J connectivity index is 1.87. The van der Waals surface area contributed by atoms with Gasteiger partial charge in [0.05, 0.1) is 14.2 Å². The highest BCUT2D eigenvalue weighted by Crippen LogP contribution is 2.31. The van der Waals surface area contributed by atoms with Gasteiger partial charge in [-0.1, -0.05) is 12.1 Å². The summed E-state index contributed by atoms with van der Waals surface area (Å²) in [7, 11) is 3.22. The molecule has 0 unspecified atom stereocenters. The first-order valence-electron chi connectivity index (χ1n) is 7.60. The van der Waals surface area contributed by atoms with E-state index < -0.39 is 0 Å². The average molecular weight is 324 g/mol. The normalized spacial score (nSPS) is 10.5. The molecule has 3 aromatic rings. The van der Waals surface area contributed by atoms with Crippen molar-refractivity contribution in [1.29, 1.82) is 0 Å². The molecule has 2 aromatic carbocycles. The molecule has 0 saturated carbocycles. The molecule has 6 heteroatoms. The van der Waals surface area contributed by atoms with E-state index in [0.29, 0.717) is 23.3 Å². The molecule has 0 fully saturated rings. The second-order valence-electron chi connectivity index (χ2n) is 5.52. The fourth-order valence-corrected chi connectivity index (χ4v) is 2.42. The number of aromatic amines is 1. The summed E-state index contributed by atoms with van der Waals surface area (Å²) in [5, 5.41) is 10.4. The number of hydrogen-bond acceptors (Lipinski definition) is 5. The van der Waals surface area contributed by atoms with E-state index in [1.165, 1.54) is 5.56 Å². The summed E-state index contributed by atoms with van der Waals surface area (Å²) in [6.07, 6.45) is 0. The van der Waals surface area contributed by atoms with E-state index >= 15 is 0 Å². The topological polar surface area (TPSA) is 72.1 Å². The number of H-pyrrole nitrogens is 1. The Labute approximate surface area is 140 Å². The number of aromatic nitrogens is 3. The van der Waals surface area contributed by atoms with Gasteiger partial charge in [-0.05, 0) is 49.2 Å². The second-order valence-corrected chi connectivity index (χ2v) is 5.52. The van der Waals surface area contributed by atoms with Crippen LogP contribution in [0, 0.1) is 13.8 Å². The van der Waals surface area contributed by atoms with Gasteiger partial charge in [0.25, 0.3) is 0 Å². The van der Waals surface area contributed by atoms with Crippen molar-refractivity contribution in [2.45, 2.75) is 13.8 Å². The minimum atomic E-state index is 0.522. The third kappa shape index (κ3) is 3.17. The number of hydrogen-bond donors (Lipinski definition) is 2. The van der Waals surface area contributed by atoms with Crippen LogP contribution in [-0.4, -0.2) is 29.4 Å². The van der Waals surface area contributed by atoms with Crippen molar-refractivity contribution in [2.24, 2.45) is 0 Å². The molecule has 124 valence electrons. The summed E-state index contributed by atoms with van der Waals surface area (Å²) in [4.78, 5) is 4.50. The molecule has 0 aliphatic carbocycles. The van der Waals surface area contributed by atoms with E-state index in [0.717, 1.165) is 16.8 Å². The van der Waals surface area contributed by atoms with Crippen molar-refractivity contribution in [1.82, 2.24) is 15.2 Å². The van der Waals surface area contributed by atoms with Crippen molar-refractivity contribution in [2.75, 3.05) is 19.5 Å². The maximum absolute atomic E-state index is 5.33. The van der Waals surface area contributed by atoms with Gasteiger partial charge < -0.3 is 14.8 Å². The molecule has 0 amide bonds. The number of nitrogens with zero attached hydrogens (tertiary/aromatic N) is 2. The summed E-state index contributed by atoms with van der Waals surface area (Å²) in [5.74, 6) is 2.50. The lowest BCUT2D eigenvalue weighted by Crippen LogP contribution is -1.95. The molecule has 2 N–H and O–H groups in total. The highest BCUT2D eigenvalue weighted by atomic mass is 16.5. The summed E-state index contributed by atoms with van der Waals surface area (Å²) in [6, 6.07) is 11.8. The van der Waals surface area contributed by atoms with E-state index in [1.54, 1.807) is 14.2 Å².